The molecule has 3 rings (SSSR count). The Morgan fingerprint density at radius 3 is 2.50 bits per heavy atom. The summed E-state index contributed by atoms with van der Waals surface area (Å²) in [7, 11) is 0. The number of morpholine rings is 1. The second-order valence-electron chi connectivity index (χ2n) is 5.70. The lowest BCUT2D eigenvalue weighted by Gasteiger charge is -2.26. The van der Waals surface area contributed by atoms with Gasteiger partial charge in [-0.3, -0.25) is 9.69 Å². The molecule has 1 aromatic carbocycles. The quantitative estimate of drug-likeness (QED) is 0.772. The number of nitrogens with zero attached hydrogens (tertiary/aromatic N) is 3. The average molecular weight is 415 g/mol. The van der Waals surface area contributed by atoms with Crippen LogP contribution < -0.4 is 5.56 Å². The number of aryl methyl sites for hydroxylation is 1. The molecule has 5 nitrogen and oxygen atoms in total. The Kier molecular flexibility index (Phi) is 6.98. The van der Waals surface area contributed by atoms with Gasteiger partial charge in [0.05, 0.1) is 25.5 Å². The summed E-state index contributed by atoms with van der Waals surface area (Å²) in [5, 5.41) is 4.55. The summed E-state index contributed by atoms with van der Waals surface area (Å²) in [5.41, 5.74) is 2.55. The molecule has 1 saturated heterocycles. The minimum Gasteiger partial charge on any atom is -0.379 e. The fraction of sp³-hybridized carbons (Fsp3) is 0.412. The first kappa shape index (κ1) is 19.1. The van der Waals surface area contributed by atoms with Crippen molar-refractivity contribution in [1.29, 1.82) is 0 Å². The number of rotatable bonds is 4. The molecule has 1 fully saturated rings. The molecule has 0 N–H and O–H groups in total. The molecule has 2 aromatic rings. The van der Waals surface area contributed by atoms with Gasteiger partial charge in [0.1, 0.15) is 0 Å². The van der Waals surface area contributed by atoms with Gasteiger partial charge in [-0.05, 0) is 25.1 Å². The second-order valence-corrected chi connectivity index (χ2v) is 6.62. The third-order valence-electron chi connectivity index (χ3n) is 4.03. The van der Waals surface area contributed by atoms with Crippen LogP contribution >= 0.6 is 28.3 Å². The second kappa shape index (κ2) is 8.76. The maximum atomic E-state index is 12.3. The molecular weight excluding hydrogens is 394 g/mol. The van der Waals surface area contributed by atoms with Crippen LogP contribution in [0.1, 0.15) is 5.56 Å². The summed E-state index contributed by atoms with van der Waals surface area (Å²) in [6.07, 6.45) is 0. The lowest BCUT2D eigenvalue weighted by Crippen LogP contribution is -2.40. The molecule has 0 aliphatic carbocycles. The van der Waals surface area contributed by atoms with Gasteiger partial charge in [0, 0.05) is 35.2 Å². The van der Waals surface area contributed by atoms with Crippen LogP contribution in [0.4, 0.5) is 0 Å². The summed E-state index contributed by atoms with van der Waals surface area (Å²) < 4.78 is 7.96. The van der Waals surface area contributed by atoms with E-state index in [1.807, 2.05) is 37.3 Å². The van der Waals surface area contributed by atoms with Crippen LogP contribution in [0.15, 0.2) is 39.6 Å². The van der Waals surface area contributed by atoms with Gasteiger partial charge in [-0.25, -0.2) is 4.68 Å². The summed E-state index contributed by atoms with van der Waals surface area (Å²) in [6, 6.07) is 9.83. The number of aromatic nitrogens is 2. The Hall–Kier alpha value is -1.21. The molecule has 24 heavy (non-hydrogen) atoms. The molecule has 1 aromatic heterocycles. The Balaban J connectivity index is 0.00000208. The van der Waals surface area contributed by atoms with Crippen LogP contribution in [0, 0.1) is 6.92 Å². The minimum atomic E-state index is -0.0147. The molecule has 0 saturated carbocycles. The standard InChI is InChI=1S/C17H20BrN3O2.ClH/c1-13-12-16(14-2-4-15(18)5-3-14)19-21(17(13)22)7-6-20-8-10-23-11-9-20;/h2-5,12H,6-11H2,1H3;1H. The number of hydrogen-bond acceptors (Lipinski definition) is 4. The highest BCUT2D eigenvalue weighted by atomic mass is 79.9. The van der Waals surface area contributed by atoms with E-state index in [-0.39, 0.29) is 18.0 Å². The van der Waals surface area contributed by atoms with Crippen molar-refractivity contribution in [3.8, 4) is 11.3 Å². The summed E-state index contributed by atoms with van der Waals surface area (Å²) in [5.74, 6) is 0. The lowest BCUT2D eigenvalue weighted by molar-refractivity contribution is 0.0358. The highest BCUT2D eigenvalue weighted by Gasteiger charge is 2.12. The molecule has 0 radical (unpaired) electrons. The molecule has 2 heterocycles. The number of hydrogen-bond donors (Lipinski definition) is 0. The minimum absolute atomic E-state index is 0. The third-order valence-corrected chi connectivity index (χ3v) is 4.55. The molecule has 0 amide bonds. The molecule has 0 unspecified atom stereocenters. The van der Waals surface area contributed by atoms with Crippen molar-refractivity contribution in [3.63, 3.8) is 0 Å². The number of halogens is 2. The van der Waals surface area contributed by atoms with Gasteiger partial charge in [0.15, 0.2) is 0 Å². The number of ether oxygens (including phenoxy) is 1. The zero-order valence-corrected chi connectivity index (χ0v) is 16.0. The van der Waals surface area contributed by atoms with E-state index in [1.54, 1.807) is 4.68 Å². The molecule has 0 bridgehead atoms. The average Bonchev–Trinajstić information content (AvgIpc) is 2.58. The monoisotopic (exact) mass is 413 g/mol. The van der Waals surface area contributed by atoms with Gasteiger partial charge < -0.3 is 4.74 Å². The molecule has 1 aliphatic rings. The molecule has 0 spiro atoms. The normalized spacial score (nSPS) is 15.1. The topological polar surface area (TPSA) is 47.4 Å². The van der Waals surface area contributed by atoms with E-state index >= 15 is 0 Å². The van der Waals surface area contributed by atoms with Crippen molar-refractivity contribution in [3.05, 3.63) is 50.7 Å². The van der Waals surface area contributed by atoms with Gasteiger partial charge in [0.2, 0.25) is 0 Å². The van der Waals surface area contributed by atoms with Crippen molar-refractivity contribution in [1.82, 2.24) is 14.7 Å². The lowest BCUT2D eigenvalue weighted by atomic mass is 10.1. The van der Waals surface area contributed by atoms with Crippen molar-refractivity contribution in [2.24, 2.45) is 0 Å². The number of benzene rings is 1. The maximum Gasteiger partial charge on any atom is 0.269 e. The highest BCUT2D eigenvalue weighted by molar-refractivity contribution is 9.10. The fourth-order valence-electron chi connectivity index (χ4n) is 2.65. The molecule has 1 aliphatic heterocycles. The summed E-state index contributed by atoms with van der Waals surface area (Å²) >= 11 is 3.44. The maximum absolute atomic E-state index is 12.3. The van der Waals surface area contributed by atoms with E-state index in [4.69, 9.17) is 4.74 Å². The van der Waals surface area contributed by atoms with Crippen molar-refractivity contribution in [2.45, 2.75) is 13.5 Å². The third kappa shape index (κ3) is 4.66. The van der Waals surface area contributed by atoms with Crippen LogP contribution in [-0.4, -0.2) is 47.5 Å². The first-order chi connectivity index (χ1) is 11.1. The summed E-state index contributed by atoms with van der Waals surface area (Å²) in [6.45, 7) is 6.63. The SMILES string of the molecule is Cc1cc(-c2ccc(Br)cc2)nn(CCN2CCOCC2)c1=O.Cl. The molecule has 130 valence electrons. The van der Waals surface area contributed by atoms with Crippen LogP contribution in [-0.2, 0) is 11.3 Å². The van der Waals surface area contributed by atoms with Gasteiger partial charge in [-0.15, -0.1) is 12.4 Å². The Bertz CT molecular complexity index is 728. The largest absolute Gasteiger partial charge is 0.379 e. The van der Waals surface area contributed by atoms with Crippen LogP contribution in [0.3, 0.4) is 0 Å². The van der Waals surface area contributed by atoms with E-state index < -0.39 is 0 Å². The Morgan fingerprint density at radius 1 is 1.17 bits per heavy atom. The van der Waals surface area contributed by atoms with Crippen molar-refractivity contribution >= 4 is 28.3 Å². The fourth-order valence-corrected chi connectivity index (χ4v) is 2.91. The Morgan fingerprint density at radius 2 is 1.83 bits per heavy atom. The van der Waals surface area contributed by atoms with Crippen LogP contribution in [0.25, 0.3) is 11.3 Å². The van der Waals surface area contributed by atoms with Gasteiger partial charge in [-0.1, -0.05) is 28.1 Å². The molecule has 0 atom stereocenters. The summed E-state index contributed by atoms with van der Waals surface area (Å²) in [4.78, 5) is 14.6. The van der Waals surface area contributed by atoms with Crippen molar-refractivity contribution < 1.29 is 4.74 Å². The van der Waals surface area contributed by atoms with Crippen LogP contribution in [0.2, 0.25) is 0 Å². The molecular formula is C17H21BrClN3O2. The first-order valence-corrected chi connectivity index (χ1v) is 8.57. The van der Waals surface area contributed by atoms with Gasteiger partial charge >= 0.3 is 0 Å². The van der Waals surface area contributed by atoms with E-state index in [2.05, 4.69) is 25.9 Å². The zero-order valence-electron chi connectivity index (χ0n) is 13.6. The van der Waals surface area contributed by atoms with E-state index in [0.29, 0.717) is 6.54 Å². The van der Waals surface area contributed by atoms with E-state index in [9.17, 15) is 4.79 Å². The smallest absolute Gasteiger partial charge is 0.269 e. The predicted octanol–water partition coefficient (Wildman–Crippen LogP) is 2.74. The predicted molar refractivity (Wildman–Crippen MR) is 101 cm³/mol. The van der Waals surface area contributed by atoms with Gasteiger partial charge in [0.25, 0.3) is 5.56 Å². The van der Waals surface area contributed by atoms with Crippen molar-refractivity contribution in [2.75, 3.05) is 32.8 Å². The highest BCUT2D eigenvalue weighted by Crippen LogP contribution is 2.19. The van der Waals surface area contributed by atoms with Gasteiger partial charge in [-0.2, -0.15) is 5.10 Å². The van der Waals surface area contributed by atoms with E-state index in [0.717, 1.165) is 54.1 Å². The molecule has 7 heteroatoms. The van der Waals surface area contributed by atoms with Crippen LogP contribution in [0.5, 0.6) is 0 Å². The zero-order chi connectivity index (χ0) is 16.2. The first-order valence-electron chi connectivity index (χ1n) is 7.78. The van der Waals surface area contributed by atoms with E-state index in [1.165, 1.54) is 0 Å². The Labute approximate surface area is 156 Å².